The fourth-order valence-corrected chi connectivity index (χ4v) is 1.84. The molecule has 1 N–H and O–H groups in total. The number of nitrogens with zero attached hydrogens (tertiary/aromatic N) is 2. The lowest BCUT2D eigenvalue weighted by Crippen LogP contribution is -2.52. The van der Waals surface area contributed by atoms with E-state index in [0.717, 1.165) is 31.4 Å². The average molecular weight is 196 g/mol. The van der Waals surface area contributed by atoms with Gasteiger partial charge in [0, 0.05) is 13.3 Å². The van der Waals surface area contributed by atoms with Crippen LogP contribution in [0.2, 0.25) is 0 Å². The third kappa shape index (κ3) is 2.84. The van der Waals surface area contributed by atoms with Gasteiger partial charge in [0.15, 0.2) is 0 Å². The summed E-state index contributed by atoms with van der Waals surface area (Å²) in [5.74, 6) is 0. The molecule has 3 nitrogen and oxygen atoms in total. The minimum Gasteiger partial charge on any atom is -0.390 e. The molecule has 0 bridgehead atoms. The van der Waals surface area contributed by atoms with Gasteiger partial charge in [-0.15, -0.1) is 6.58 Å². The van der Waals surface area contributed by atoms with Crippen molar-refractivity contribution in [2.45, 2.75) is 44.8 Å². The lowest BCUT2D eigenvalue weighted by atomic mass is 9.77. The molecule has 1 aliphatic carbocycles. The summed E-state index contributed by atoms with van der Waals surface area (Å²) in [6.45, 7) is 12.1. The number of hydrogen-bond donors (Lipinski definition) is 1. The van der Waals surface area contributed by atoms with E-state index >= 15 is 0 Å². The summed E-state index contributed by atoms with van der Waals surface area (Å²) in [6, 6.07) is 0.363. The molecule has 0 radical (unpaired) electrons. The maximum atomic E-state index is 9.60. The highest BCUT2D eigenvalue weighted by atomic mass is 16.3. The van der Waals surface area contributed by atoms with E-state index in [-0.39, 0.29) is 0 Å². The first-order valence-electron chi connectivity index (χ1n) is 5.04. The second-order valence-electron chi connectivity index (χ2n) is 4.57. The molecule has 1 fully saturated rings. The normalized spacial score (nSPS) is 30.6. The topological polar surface area (TPSA) is 35.8 Å². The maximum absolute atomic E-state index is 9.60. The van der Waals surface area contributed by atoms with E-state index in [9.17, 15) is 5.11 Å². The van der Waals surface area contributed by atoms with Gasteiger partial charge in [-0.25, -0.2) is 0 Å². The van der Waals surface area contributed by atoms with Crippen LogP contribution in [-0.2, 0) is 0 Å². The molecule has 80 valence electrons. The van der Waals surface area contributed by atoms with Crippen LogP contribution in [0, 0.1) is 0 Å². The Bertz CT molecular complexity index is 227. The lowest BCUT2D eigenvalue weighted by molar-refractivity contribution is -0.0771. The van der Waals surface area contributed by atoms with Crippen molar-refractivity contribution in [3.63, 3.8) is 0 Å². The van der Waals surface area contributed by atoms with E-state index in [1.807, 2.05) is 18.9 Å². The van der Waals surface area contributed by atoms with E-state index in [2.05, 4.69) is 18.4 Å². The molecule has 0 heterocycles. The molecule has 0 aliphatic heterocycles. The van der Waals surface area contributed by atoms with Gasteiger partial charge in [-0.05, 0) is 33.1 Å². The molecule has 0 unspecified atom stereocenters. The van der Waals surface area contributed by atoms with Crippen LogP contribution in [0.1, 0.15) is 33.1 Å². The first kappa shape index (κ1) is 11.2. The number of hydrazone groups is 1. The Morgan fingerprint density at radius 1 is 1.64 bits per heavy atom. The van der Waals surface area contributed by atoms with Crippen LogP contribution in [0.25, 0.3) is 0 Å². The molecule has 0 saturated heterocycles. The highest BCUT2D eigenvalue weighted by molar-refractivity contribution is 5.22. The molecule has 0 aromatic heterocycles. The van der Waals surface area contributed by atoms with Crippen LogP contribution < -0.4 is 0 Å². The molecule has 0 amide bonds. The van der Waals surface area contributed by atoms with Crippen LogP contribution in [0.4, 0.5) is 0 Å². The van der Waals surface area contributed by atoms with Gasteiger partial charge in [-0.2, -0.15) is 5.10 Å². The minimum atomic E-state index is -0.489. The summed E-state index contributed by atoms with van der Waals surface area (Å²) in [6.07, 6.45) is 2.53. The lowest BCUT2D eigenvalue weighted by Gasteiger charge is -2.45. The van der Waals surface area contributed by atoms with E-state index < -0.39 is 5.60 Å². The number of aliphatic hydroxyl groups is 1. The number of rotatable bonds is 5. The van der Waals surface area contributed by atoms with Crippen molar-refractivity contribution in [3.8, 4) is 0 Å². The van der Waals surface area contributed by atoms with Crippen molar-refractivity contribution >= 4 is 6.72 Å². The maximum Gasteiger partial charge on any atom is 0.0660 e. The van der Waals surface area contributed by atoms with Gasteiger partial charge in [0.05, 0.1) is 11.6 Å². The Balaban J connectivity index is 2.33. The van der Waals surface area contributed by atoms with Gasteiger partial charge in [0.2, 0.25) is 0 Å². The highest BCUT2D eigenvalue weighted by Gasteiger charge is 2.41. The smallest absolute Gasteiger partial charge is 0.0660 e. The zero-order valence-electron chi connectivity index (χ0n) is 9.16. The van der Waals surface area contributed by atoms with Crippen molar-refractivity contribution < 1.29 is 5.11 Å². The van der Waals surface area contributed by atoms with Gasteiger partial charge in [-0.3, -0.25) is 5.01 Å². The van der Waals surface area contributed by atoms with E-state index in [1.54, 1.807) is 0 Å². The molecule has 1 rings (SSSR count). The van der Waals surface area contributed by atoms with Crippen LogP contribution in [0.5, 0.6) is 0 Å². The van der Waals surface area contributed by atoms with E-state index in [1.165, 1.54) is 0 Å². The summed E-state index contributed by atoms with van der Waals surface area (Å²) in [5.41, 5.74) is 0.668. The molecule has 3 heteroatoms. The van der Waals surface area contributed by atoms with Crippen LogP contribution in [0.3, 0.4) is 0 Å². The largest absolute Gasteiger partial charge is 0.390 e. The summed E-state index contributed by atoms with van der Waals surface area (Å²) >= 11 is 0. The van der Waals surface area contributed by atoms with E-state index in [0.29, 0.717) is 6.04 Å². The third-order valence-corrected chi connectivity index (χ3v) is 2.72. The average Bonchev–Trinajstić information content (AvgIpc) is 2.01. The second-order valence-corrected chi connectivity index (χ2v) is 4.57. The molecule has 0 aromatic rings. The Kier molecular flexibility index (Phi) is 3.32. The molecule has 1 saturated carbocycles. The van der Waals surface area contributed by atoms with Gasteiger partial charge in [0.25, 0.3) is 0 Å². The molecule has 1 aliphatic rings. The van der Waals surface area contributed by atoms with Gasteiger partial charge in [-0.1, -0.05) is 5.57 Å². The molecular weight excluding hydrogens is 176 g/mol. The SMILES string of the molecule is C=NN(CCC(=C)C)C1CC(C)(O)C1. The van der Waals surface area contributed by atoms with Crippen molar-refractivity contribution in [3.05, 3.63) is 12.2 Å². The predicted octanol–water partition coefficient (Wildman–Crippen LogP) is 1.78. The molecule has 0 aromatic carbocycles. The van der Waals surface area contributed by atoms with Gasteiger partial charge in [0.1, 0.15) is 0 Å². The number of hydrogen-bond acceptors (Lipinski definition) is 3. The Morgan fingerprint density at radius 3 is 2.57 bits per heavy atom. The summed E-state index contributed by atoms with van der Waals surface area (Å²) in [7, 11) is 0. The van der Waals surface area contributed by atoms with E-state index in [4.69, 9.17) is 0 Å². The monoisotopic (exact) mass is 196 g/mol. The Hall–Kier alpha value is -0.830. The first-order chi connectivity index (χ1) is 6.44. The van der Waals surface area contributed by atoms with Crippen LogP contribution in [0.15, 0.2) is 17.3 Å². The first-order valence-corrected chi connectivity index (χ1v) is 5.04. The molecule has 14 heavy (non-hydrogen) atoms. The van der Waals surface area contributed by atoms with Crippen molar-refractivity contribution in [2.24, 2.45) is 5.10 Å². The van der Waals surface area contributed by atoms with Gasteiger partial charge >= 0.3 is 0 Å². The fraction of sp³-hybridized carbons (Fsp3) is 0.727. The van der Waals surface area contributed by atoms with Crippen LogP contribution in [-0.4, -0.2) is 35.0 Å². The summed E-state index contributed by atoms with van der Waals surface area (Å²) in [4.78, 5) is 0. The van der Waals surface area contributed by atoms with Gasteiger partial charge < -0.3 is 5.11 Å². The fourth-order valence-electron chi connectivity index (χ4n) is 1.84. The predicted molar refractivity (Wildman–Crippen MR) is 59.3 cm³/mol. The third-order valence-electron chi connectivity index (χ3n) is 2.72. The van der Waals surface area contributed by atoms with Crippen molar-refractivity contribution in [1.82, 2.24) is 5.01 Å². The minimum absolute atomic E-state index is 0.363. The zero-order chi connectivity index (χ0) is 10.8. The van der Waals surface area contributed by atoms with Crippen molar-refractivity contribution in [1.29, 1.82) is 0 Å². The second kappa shape index (κ2) is 4.13. The molecular formula is C11H20N2O. The Labute approximate surface area is 86.1 Å². The summed E-state index contributed by atoms with van der Waals surface area (Å²) in [5, 5.41) is 15.5. The highest BCUT2D eigenvalue weighted by Crippen LogP contribution is 2.35. The Morgan fingerprint density at radius 2 is 2.21 bits per heavy atom. The zero-order valence-corrected chi connectivity index (χ0v) is 9.16. The summed E-state index contributed by atoms with van der Waals surface area (Å²) < 4.78 is 0. The van der Waals surface area contributed by atoms with Crippen molar-refractivity contribution in [2.75, 3.05) is 6.54 Å². The standard InChI is InChI=1S/C11H20N2O/c1-9(2)5-6-13(12-4)10-7-11(3,14)8-10/h10,14H,1,4-8H2,2-3H3. The quantitative estimate of drug-likeness (QED) is 0.413. The molecule has 0 atom stereocenters. The molecule has 0 spiro atoms. The van der Waals surface area contributed by atoms with Crippen LogP contribution >= 0.6 is 0 Å².